The van der Waals surface area contributed by atoms with Gasteiger partial charge in [0.2, 0.25) is 0 Å². The number of carbonyl (C=O) groups is 2. The Balaban J connectivity index is 1.61. The molecule has 134 valence electrons. The van der Waals surface area contributed by atoms with Crippen LogP contribution in [0.15, 0.2) is 34.7 Å². The van der Waals surface area contributed by atoms with Crippen LogP contribution in [0.25, 0.3) is 11.0 Å². The van der Waals surface area contributed by atoms with Gasteiger partial charge in [0.1, 0.15) is 11.3 Å². The van der Waals surface area contributed by atoms with Gasteiger partial charge < -0.3 is 19.4 Å². The average molecular weight is 344 g/mol. The summed E-state index contributed by atoms with van der Waals surface area (Å²) in [4.78, 5) is 26.0. The molecule has 0 bridgehead atoms. The third-order valence-corrected chi connectivity index (χ3v) is 4.91. The van der Waals surface area contributed by atoms with Crippen molar-refractivity contribution in [3.8, 4) is 0 Å². The number of hydrogen-bond acceptors (Lipinski definition) is 4. The molecule has 1 fully saturated rings. The lowest BCUT2D eigenvalue weighted by Gasteiger charge is -2.35. The van der Waals surface area contributed by atoms with E-state index < -0.39 is 0 Å². The van der Waals surface area contributed by atoms with Crippen molar-refractivity contribution in [2.24, 2.45) is 11.8 Å². The van der Waals surface area contributed by atoms with Crippen LogP contribution >= 0.6 is 0 Å². The monoisotopic (exact) mass is 344 g/mol. The standard InChI is InChI=1S/C19H24N2O4/c1-12-11-21(9-8-15(12)18(22)24-3)19(23)20-13(2)17-10-14-6-4-5-7-16(14)25-17/h4-7,10,12-13,15H,8-9,11H2,1-3H3,(H,20,23). The third kappa shape index (κ3) is 3.62. The SMILES string of the molecule is COC(=O)C1CCN(C(=O)NC(C)c2cc3ccccc3o2)CC1C. The van der Waals surface area contributed by atoms with E-state index in [-0.39, 0.29) is 29.9 Å². The Labute approximate surface area is 147 Å². The second-order valence-electron chi connectivity index (χ2n) is 6.70. The van der Waals surface area contributed by atoms with Gasteiger partial charge in [0.25, 0.3) is 0 Å². The number of methoxy groups -OCH3 is 1. The summed E-state index contributed by atoms with van der Waals surface area (Å²) in [6, 6.07) is 9.36. The fourth-order valence-electron chi connectivity index (χ4n) is 3.40. The van der Waals surface area contributed by atoms with Crippen molar-refractivity contribution in [3.05, 3.63) is 36.1 Å². The molecule has 6 nitrogen and oxygen atoms in total. The summed E-state index contributed by atoms with van der Waals surface area (Å²) >= 11 is 0. The van der Waals surface area contributed by atoms with Crippen molar-refractivity contribution < 1.29 is 18.7 Å². The Morgan fingerprint density at radius 1 is 1.36 bits per heavy atom. The molecule has 3 rings (SSSR count). The van der Waals surface area contributed by atoms with Gasteiger partial charge in [-0.15, -0.1) is 0 Å². The van der Waals surface area contributed by atoms with Crippen LogP contribution in [-0.4, -0.2) is 37.1 Å². The largest absolute Gasteiger partial charge is 0.469 e. The lowest BCUT2D eigenvalue weighted by Crippen LogP contribution is -2.49. The van der Waals surface area contributed by atoms with Crippen molar-refractivity contribution in [2.45, 2.75) is 26.3 Å². The van der Waals surface area contributed by atoms with Crippen molar-refractivity contribution >= 4 is 23.0 Å². The zero-order valence-corrected chi connectivity index (χ0v) is 14.8. The lowest BCUT2D eigenvalue weighted by molar-refractivity contribution is -0.148. The van der Waals surface area contributed by atoms with Gasteiger partial charge in [-0.3, -0.25) is 4.79 Å². The summed E-state index contributed by atoms with van der Waals surface area (Å²) in [7, 11) is 1.41. The molecule has 2 amide bonds. The number of esters is 1. The van der Waals surface area contributed by atoms with Crippen LogP contribution in [0.2, 0.25) is 0 Å². The number of nitrogens with zero attached hydrogens (tertiary/aromatic N) is 1. The fraction of sp³-hybridized carbons (Fsp3) is 0.474. The fourth-order valence-corrected chi connectivity index (χ4v) is 3.40. The first-order chi connectivity index (χ1) is 12.0. The molecule has 3 unspecified atom stereocenters. The first kappa shape index (κ1) is 17.3. The number of urea groups is 1. The summed E-state index contributed by atoms with van der Waals surface area (Å²) in [5, 5.41) is 4.00. The van der Waals surface area contributed by atoms with Gasteiger partial charge >= 0.3 is 12.0 Å². The number of likely N-dealkylation sites (tertiary alicyclic amines) is 1. The summed E-state index contributed by atoms with van der Waals surface area (Å²) in [6.45, 7) is 4.96. The Kier molecular flexibility index (Phi) is 4.97. The second-order valence-corrected chi connectivity index (χ2v) is 6.70. The van der Waals surface area contributed by atoms with E-state index in [1.165, 1.54) is 7.11 Å². The highest BCUT2D eigenvalue weighted by molar-refractivity contribution is 5.79. The molecule has 0 radical (unpaired) electrons. The van der Waals surface area contributed by atoms with Gasteiger partial charge in [0.15, 0.2) is 0 Å². The van der Waals surface area contributed by atoms with Gasteiger partial charge in [-0.1, -0.05) is 25.1 Å². The molecule has 3 atom stereocenters. The maximum atomic E-state index is 12.5. The predicted octanol–water partition coefficient (Wildman–Crippen LogP) is 3.33. The highest BCUT2D eigenvalue weighted by atomic mass is 16.5. The van der Waals surface area contributed by atoms with Gasteiger partial charge in [-0.05, 0) is 31.4 Å². The summed E-state index contributed by atoms with van der Waals surface area (Å²) < 4.78 is 10.6. The molecule has 1 aliphatic rings. The number of amides is 2. The quantitative estimate of drug-likeness (QED) is 0.867. The number of carbonyl (C=O) groups excluding carboxylic acids is 2. The molecule has 1 aromatic heterocycles. The average Bonchev–Trinajstić information content (AvgIpc) is 3.05. The van der Waals surface area contributed by atoms with Crippen LogP contribution < -0.4 is 5.32 Å². The Morgan fingerprint density at radius 3 is 2.80 bits per heavy atom. The van der Waals surface area contributed by atoms with Crippen LogP contribution in [0.4, 0.5) is 4.79 Å². The van der Waals surface area contributed by atoms with Crippen LogP contribution in [0.1, 0.15) is 32.1 Å². The molecular formula is C19H24N2O4. The lowest BCUT2D eigenvalue weighted by atomic mass is 9.87. The van der Waals surface area contributed by atoms with Crippen LogP contribution in [0, 0.1) is 11.8 Å². The molecule has 25 heavy (non-hydrogen) atoms. The molecule has 1 aliphatic heterocycles. The van der Waals surface area contributed by atoms with E-state index >= 15 is 0 Å². The van der Waals surface area contributed by atoms with E-state index in [0.29, 0.717) is 19.5 Å². The van der Waals surface area contributed by atoms with E-state index in [2.05, 4.69) is 5.32 Å². The van der Waals surface area contributed by atoms with E-state index in [0.717, 1.165) is 16.7 Å². The molecule has 0 spiro atoms. The van der Waals surface area contributed by atoms with E-state index in [4.69, 9.17) is 9.15 Å². The summed E-state index contributed by atoms with van der Waals surface area (Å²) in [6.07, 6.45) is 0.625. The predicted molar refractivity (Wildman–Crippen MR) is 94.0 cm³/mol. The van der Waals surface area contributed by atoms with Gasteiger partial charge in [-0.2, -0.15) is 0 Å². The highest BCUT2D eigenvalue weighted by Crippen LogP contribution is 2.26. The third-order valence-electron chi connectivity index (χ3n) is 4.91. The van der Waals surface area contributed by atoms with E-state index in [1.54, 1.807) is 4.90 Å². The first-order valence-corrected chi connectivity index (χ1v) is 8.61. The van der Waals surface area contributed by atoms with Crippen LogP contribution in [-0.2, 0) is 9.53 Å². The molecule has 6 heteroatoms. The maximum Gasteiger partial charge on any atom is 0.317 e. The molecular weight excluding hydrogens is 320 g/mol. The van der Waals surface area contributed by atoms with Gasteiger partial charge in [-0.25, -0.2) is 4.79 Å². The number of furan rings is 1. The summed E-state index contributed by atoms with van der Waals surface area (Å²) in [5.41, 5.74) is 0.811. The minimum absolute atomic E-state index is 0.0773. The molecule has 0 saturated carbocycles. The molecule has 1 saturated heterocycles. The van der Waals surface area contributed by atoms with Crippen molar-refractivity contribution in [1.29, 1.82) is 0 Å². The smallest absolute Gasteiger partial charge is 0.317 e. The van der Waals surface area contributed by atoms with Gasteiger partial charge in [0.05, 0.1) is 19.1 Å². The molecule has 2 heterocycles. The minimum atomic E-state index is -0.228. The summed E-state index contributed by atoms with van der Waals surface area (Å²) in [5.74, 6) is 0.477. The number of hydrogen-bond donors (Lipinski definition) is 1. The molecule has 1 N–H and O–H groups in total. The zero-order chi connectivity index (χ0) is 18.0. The molecule has 0 aliphatic carbocycles. The Hall–Kier alpha value is -2.50. The Bertz CT molecular complexity index is 737. The van der Waals surface area contributed by atoms with Crippen molar-refractivity contribution in [2.75, 3.05) is 20.2 Å². The number of piperidine rings is 1. The maximum absolute atomic E-state index is 12.5. The molecule has 1 aromatic carbocycles. The van der Waals surface area contributed by atoms with E-state index in [1.807, 2.05) is 44.2 Å². The second kappa shape index (κ2) is 7.17. The first-order valence-electron chi connectivity index (χ1n) is 8.61. The van der Waals surface area contributed by atoms with Crippen LogP contribution in [0.5, 0.6) is 0 Å². The molecule has 2 aromatic rings. The number of para-hydroxylation sites is 1. The highest BCUT2D eigenvalue weighted by Gasteiger charge is 2.34. The van der Waals surface area contributed by atoms with E-state index in [9.17, 15) is 9.59 Å². The Morgan fingerprint density at radius 2 is 2.12 bits per heavy atom. The van der Waals surface area contributed by atoms with Gasteiger partial charge in [0, 0.05) is 18.5 Å². The number of rotatable bonds is 3. The number of benzene rings is 1. The van der Waals surface area contributed by atoms with Crippen molar-refractivity contribution in [3.63, 3.8) is 0 Å². The van der Waals surface area contributed by atoms with Crippen LogP contribution in [0.3, 0.4) is 0 Å². The minimum Gasteiger partial charge on any atom is -0.469 e. The number of ether oxygens (including phenoxy) is 1. The number of fused-ring (bicyclic) bond motifs is 1. The zero-order valence-electron chi connectivity index (χ0n) is 14.8. The van der Waals surface area contributed by atoms with Crippen molar-refractivity contribution in [1.82, 2.24) is 10.2 Å². The topological polar surface area (TPSA) is 71.8 Å². The number of nitrogens with one attached hydrogen (secondary N) is 1. The normalized spacial score (nSPS) is 21.8.